The smallest absolute Gasteiger partial charge is 0.330 e. The summed E-state index contributed by atoms with van der Waals surface area (Å²) in [5.41, 5.74) is 7.17. The average Bonchev–Trinajstić information content (AvgIpc) is 1.63. The zero-order valence-corrected chi connectivity index (χ0v) is 48.8. The van der Waals surface area contributed by atoms with Crippen molar-refractivity contribution in [3.8, 4) is 34.8 Å². The number of carbonyl (C=O) groups excluding carboxylic acids is 1. The zero-order valence-electron chi connectivity index (χ0n) is 47.9. The lowest BCUT2D eigenvalue weighted by molar-refractivity contribution is -0.322. The Bertz CT molecular complexity index is 3910. The quantitative estimate of drug-likeness (QED) is 0.0474. The van der Waals surface area contributed by atoms with Gasteiger partial charge in [-0.2, -0.15) is 4.31 Å². The minimum atomic E-state index is -4.15. The molecule has 6 aromatic carbocycles. The number of methoxy groups -OCH3 is 2. The van der Waals surface area contributed by atoms with Crippen molar-refractivity contribution in [1.82, 2.24) is 19.2 Å². The number of aliphatic hydroxyl groups excluding tert-OH is 1. The Balaban J connectivity index is 0.754. The second-order valence-electron chi connectivity index (χ2n) is 22.5. The number of H-pyrrole nitrogens is 1. The number of hydrogen-bond donors (Lipinski definition) is 3. The highest BCUT2D eigenvalue weighted by Gasteiger charge is 2.61. The molecule has 438 valence electrons. The van der Waals surface area contributed by atoms with Gasteiger partial charge in [0.05, 0.1) is 19.1 Å². The van der Waals surface area contributed by atoms with E-state index in [2.05, 4.69) is 44.1 Å². The Labute approximate surface area is 494 Å². The van der Waals surface area contributed by atoms with E-state index in [9.17, 15) is 19.5 Å². The molecule has 85 heavy (non-hydrogen) atoms. The lowest BCUT2D eigenvalue weighted by atomic mass is 9.70. The third-order valence-corrected chi connectivity index (χ3v) is 19.8. The van der Waals surface area contributed by atoms with E-state index in [1.54, 1.807) is 61.8 Å². The number of nitrogens with one attached hydrogen (secondary N) is 2. The number of fused-ring (bicyclic) bond motifs is 8. The van der Waals surface area contributed by atoms with E-state index in [0.717, 1.165) is 116 Å². The first-order valence-corrected chi connectivity index (χ1v) is 31.0. The molecule has 1 unspecified atom stereocenters. The molecular formula is C67H68N6O11S. The standard InChI is InChI=1S/C67H68N6O11S/c1-4-58(82-65(77)84-67(46-19-6-5-7-20-46,47-26-30-49(80-2)31-27-47)48-28-32-50(81-3)33-29-48)72-42-45(63(75)69-64(72)76)16-8-11-25-57(74)68-34-39-73-66(53-23-9-10-24-56(53)85(73,78)79)54-40-43-17-12-35-70-37-14-21-51(59(43)70)61(54)83-62-52-22-15-38-71-36-13-18-44(60(52)71)41-55(62)66/h5-7,9-10,19-20,23-24,26-33,40-42,58,65,77H,4,11-15,17-18,21-22,25,34-39H2,1-3H3,(H,68,74)(H,69,75,76)/t58-,65?/m1/s1. The van der Waals surface area contributed by atoms with Crippen LogP contribution < -0.4 is 40.6 Å². The average molecular weight is 1170 g/mol. The summed E-state index contributed by atoms with van der Waals surface area (Å²) in [5, 5.41) is 14.9. The van der Waals surface area contributed by atoms with Gasteiger partial charge in [-0.15, -0.1) is 0 Å². The molecule has 0 aliphatic carbocycles. The van der Waals surface area contributed by atoms with Crippen LogP contribution in [0.4, 0.5) is 11.4 Å². The highest BCUT2D eigenvalue weighted by molar-refractivity contribution is 7.89. The van der Waals surface area contributed by atoms with Gasteiger partial charge in [0.25, 0.3) is 12.0 Å². The molecule has 0 fully saturated rings. The number of ether oxygens (including phenoxy) is 5. The molecule has 3 N–H and O–H groups in total. The number of benzene rings is 6. The number of aliphatic hydroxyl groups is 1. The first-order valence-electron chi connectivity index (χ1n) is 29.5. The Kier molecular flexibility index (Phi) is 14.9. The summed E-state index contributed by atoms with van der Waals surface area (Å²) in [6.07, 6.45) is 7.64. The van der Waals surface area contributed by atoms with Crippen molar-refractivity contribution in [2.75, 3.05) is 63.3 Å². The Morgan fingerprint density at radius 1 is 0.753 bits per heavy atom. The second kappa shape index (κ2) is 22.7. The Morgan fingerprint density at radius 3 is 1.88 bits per heavy atom. The lowest BCUT2D eigenvalue weighted by Crippen LogP contribution is -2.50. The number of aryl methyl sites for hydroxylation is 2. The summed E-state index contributed by atoms with van der Waals surface area (Å²) < 4.78 is 64.7. The second-order valence-corrected chi connectivity index (χ2v) is 24.4. The first kappa shape index (κ1) is 56.0. The predicted molar refractivity (Wildman–Crippen MR) is 321 cm³/mol. The van der Waals surface area contributed by atoms with Crippen LogP contribution in [0, 0.1) is 11.8 Å². The zero-order chi connectivity index (χ0) is 58.6. The lowest BCUT2D eigenvalue weighted by Gasteiger charge is -2.48. The van der Waals surface area contributed by atoms with E-state index in [4.69, 9.17) is 23.7 Å². The molecule has 6 aliphatic heterocycles. The van der Waals surface area contributed by atoms with Gasteiger partial charge >= 0.3 is 5.69 Å². The third-order valence-electron chi connectivity index (χ3n) is 17.8. The number of amides is 1. The highest BCUT2D eigenvalue weighted by Crippen LogP contribution is 2.64. The number of aromatic nitrogens is 2. The summed E-state index contributed by atoms with van der Waals surface area (Å²) in [4.78, 5) is 48.2. The van der Waals surface area contributed by atoms with Gasteiger partial charge in [0.15, 0.2) is 0 Å². The molecule has 13 rings (SSSR count). The van der Waals surface area contributed by atoms with Gasteiger partial charge in [0, 0.05) is 97.5 Å². The maximum Gasteiger partial charge on any atom is 0.330 e. The van der Waals surface area contributed by atoms with Crippen LogP contribution in [0.3, 0.4) is 0 Å². The molecule has 6 aliphatic rings. The maximum atomic E-state index is 15.4. The van der Waals surface area contributed by atoms with E-state index in [0.29, 0.717) is 33.8 Å². The summed E-state index contributed by atoms with van der Waals surface area (Å²) in [6, 6.07) is 35.7. The summed E-state index contributed by atoms with van der Waals surface area (Å²) in [6.45, 7) is 3.70. The maximum absolute atomic E-state index is 15.4. The van der Waals surface area contributed by atoms with E-state index in [1.807, 2.05) is 66.7 Å². The fourth-order valence-corrected chi connectivity index (χ4v) is 16.1. The SMILES string of the molecule is CC[C@@H](OC(O)OC(c1ccccc1)(c1ccc(OC)cc1)c1ccc(OC)cc1)n1cc(C#CCCC(=O)NCCN2C3(c4ccccc4S2(=O)=O)c2cc4c5c(c2Oc2c3cc3c6c2CCCN6CCC3)CCCN5CCC4)c(=O)[nH]c1=O. The van der Waals surface area contributed by atoms with E-state index in [1.165, 1.54) is 28.7 Å². The topological polar surface area (TPSA) is 194 Å². The van der Waals surface area contributed by atoms with Gasteiger partial charge < -0.3 is 43.9 Å². The minimum absolute atomic E-state index is 0.00910. The predicted octanol–water partition coefficient (Wildman–Crippen LogP) is 8.51. The van der Waals surface area contributed by atoms with Crippen molar-refractivity contribution in [1.29, 1.82) is 0 Å². The molecule has 0 radical (unpaired) electrons. The van der Waals surface area contributed by atoms with Gasteiger partial charge in [-0.1, -0.05) is 91.6 Å². The molecule has 2 atom stereocenters. The van der Waals surface area contributed by atoms with Crippen molar-refractivity contribution >= 4 is 27.3 Å². The van der Waals surface area contributed by atoms with Crippen LogP contribution in [-0.2, 0) is 61.1 Å². The van der Waals surface area contributed by atoms with Crippen LogP contribution >= 0.6 is 0 Å². The minimum Gasteiger partial charge on any atom is -0.497 e. The molecule has 1 aromatic heterocycles. The van der Waals surface area contributed by atoms with Gasteiger partial charge in [-0.3, -0.25) is 19.1 Å². The number of nitrogens with zero attached hydrogens (tertiary/aromatic N) is 4. The molecule has 17 nitrogen and oxygen atoms in total. The van der Waals surface area contributed by atoms with Crippen molar-refractivity contribution in [3.05, 3.63) is 203 Å². The van der Waals surface area contributed by atoms with Crippen molar-refractivity contribution in [2.45, 2.75) is 106 Å². The van der Waals surface area contributed by atoms with Crippen LogP contribution in [-0.4, -0.2) is 93.3 Å². The number of carbonyl (C=O) groups is 1. The van der Waals surface area contributed by atoms with Gasteiger partial charge in [-0.25, -0.2) is 13.2 Å². The largest absolute Gasteiger partial charge is 0.497 e. The molecule has 0 saturated carbocycles. The van der Waals surface area contributed by atoms with E-state index >= 15 is 8.42 Å². The van der Waals surface area contributed by atoms with E-state index < -0.39 is 45.1 Å². The number of sulfonamides is 1. The van der Waals surface area contributed by atoms with Crippen LogP contribution in [0.1, 0.15) is 119 Å². The fraction of sp³-hybridized carbons (Fsp3) is 0.358. The van der Waals surface area contributed by atoms with Crippen molar-refractivity contribution in [3.63, 3.8) is 0 Å². The number of anilines is 2. The van der Waals surface area contributed by atoms with Crippen molar-refractivity contribution < 1.29 is 42.0 Å². The van der Waals surface area contributed by atoms with Crippen LogP contribution in [0.15, 0.2) is 136 Å². The van der Waals surface area contributed by atoms with Crippen molar-refractivity contribution in [2.24, 2.45) is 0 Å². The summed E-state index contributed by atoms with van der Waals surface area (Å²) in [5.74, 6) is 8.15. The number of hydrogen-bond acceptors (Lipinski definition) is 13. The Hall–Kier alpha value is -8.18. The molecule has 1 spiro atoms. The highest BCUT2D eigenvalue weighted by atomic mass is 32.2. The molecule has 7 aromatic rings. The van der Waals surface area contributed by atoms with Gasteiger partial charge in [0.1, 0.15) is 45.9 Å². The number of rotatable bonds is 16. The summed E-state index contributed by atoms with van der Waals surface area (Å²) in [7, 11) is -1.00. The van der Waals surface area contributed by atoms with E-state index in [-0.39, 0.29) is 48.7 Å². The Morgan fingerprint density at radius 2 is 1.31 bits per heavy atom. The molecule has 1 amide bonds. The molecule has 7 heterocycles. The molecule has 0 bridgehead atoms. The normalized spacial score (nSPS) is 17.4. The van der Waals surface area contributed by atoms with Crippen LogP contribution in [0.25, 0.3) is 0 Å². The third kappa shape index (κ3) is 9.48. The fourth-order valence-electron chi connectivity index (χ4n) is 14.2. The van der Waals surface area contributed by atoms with Gasteiger partial charge in [0.2, 0.25) is 15.9 Å². The van der Waals surface area contributed by atoms with Gasteiger partial charge in [-0.05, 0) is 128 Å². The van der Waals surface area contributed by atoms with Crippen LogP contribution in [0.2, 0.25) is 0 Å². The first-order chi connectivity index (χ1) is 41.4. The number of aromatic amines is 1. The summed E-state index contributed by atoms with van der Waals surface area (Å²) >= 11 is 0. The monoisotopic (exact) mass is 1160 g/mol. The molecule has 18 heteroatoms. The molecule has 0 saturated heterocycles. The molecular weight excluding hydrogens is 1100 g/mol. The van der Waals surface area contributed by atoms with Crippen LogP contribution in [0.5, 0.6) is 23.0 Å².